The Labute approximate surface area is 88.0 Å². The molecule has 0 aromatic rings. The highest BCUT2D eigenvalue weighted by Crippen LogP contribution is 2.19. The number of azo groups is 1. The van der Waals surface area contributed by atoms with E-state index >= 15 is 0 Å². The van der Waals surface area contributed by atoms with Crippen molar-refractivity contribution < 1.29 is 9.53 Å². The van der Waals surface area contributed by atoms with Crippen LogP contribution in [0.2, 0.25) is 0 Å². The van der Waals surface area contributed by atoms with E-state index in [-0.39, 0.29) is 0 Å². The second-order valence-corrected chi connectivity index (χ2v) is 3.71. The lowest BCUT2D eigenvalue weighted by molar-refractivity contribution is -0.118. The Morgan fingerprint density at radius 2 is 2.43 bits per heavy atom. The van der Waals surface area contributed by atoms with Crippen molar-refractivity contribution in [3.05, 3.63) is 12.0 Å². The molecule has 2 atom stereocenters. The topological polar surface area (TPSA) is 51.0 Å². The molecule has 0 radical (unpaired) electrons. The minimum absolute atomic E-state index is 0.395. The molecule has 0 saturated heterocycles. The molecule has 2 unspecified atom stereocenters. The largest absolute Gasteiger partial charge is 0.494 e. The van der Waals surface area contributed by atoms with Crippen molar-refractivity contribution in [1.82, 2.24) is 0 Å². The van der Waals surface area contributed by atoms with E-state index in [0.717, 1.165) is 6.42 Å². The summed E-state index contributed by atoms with van der Waals surface area (Å²) in [6, 6.07) is 0. The van der Waals surface area contributed by atoms with Gasteiger partial charge in [0.1, 0.15) is 5.76 Å². The number of hydrogen-bond acceptors (Lipinski definition) is 3. The Bertz CT molecular complexity index is 276. The van der Waals surface area contributed by atoms with Crippen LogP contribution in [0.25, 0.3) is 0 Å². The van der Waals surface area contributed by atoms with Gasteiger partial charge < -0.3 is 4.74 Å². The van der Waals surface area contributed by atoms with Gasteiger partial charge in [0, 0.05) is 0 Å². The van der Waals surface area contributed by atoms with Crippen LogP contribution in [0, 0.1) is 5.92 Å². The molecule has 0 N–H and O–H groups in total. The molecule has 0 spiro atoms. The molecule has 1 rings (SSSR count). The first-order chi connectivity index (χ1) is 6.65. The molecule has 0 saturated carbocycles. The van der Waals surface area contributed by atoms with Crippen LogP contribution in [0.5, 0.6) is 0 Å². The van der Waals surface area contributed by atoms with Crippen LogP contribution in [0.4, 0.5) is 0 Å². The van der Waals surface area contributed by atoms with Crippen LogP contribution in [0.15, 0.2) is 22.2 Å². The first kappa shape index (κ1) is 11.2. The molecular formula is C9H13ClN2O2. The summed E-state index contributed by atoms with van der Waals surface area (Å²) >= 11 is 5.76. The zero-order valence-corrected chi connectivity index (χ0v) is 8.99. The monoisotopic (exact) mass is 216 g/mol. The Morgan fingerprint density at radius 3 is 3.07 bits per heavy atom. The third-order valence-corrected chi connectivity index (χ3v) is 2.44. The molecule has 1 aliphatic heterocycles. The van der Waals surface area contributed by atoms with E-state index in [0.29, 0.717) is 18.3 Å². The minimum Gasteiger partial charge on any atom is -0.494 e. The number of carbonyl (C=O) groups is 1. The van der Waals surface area contributed by atoms with Gasteiger partial charge in [-0.15, -0.1) is 16.7 Å². The average molecular weight is 217 g/mol. The molecule has 4 nitrogen and oxygen atoms in total. The molecule has 0 aliphatic carbocycles. The standard InChI is InChI=1S/C9H13ClN2O2/c1-3-6(2)5-14-7-4-11-12-9(13)8(7)10/h4,6,8H,3,5H2,1-2H3. The molecule has 1 heterocycles. The number of nitrogens with zero attached hydrogens (tertiary/aromatic N) is 2. The van der Waals surface area contributed by atoms with E-state index in [2.05, 4.69) is 24.1 Å². The van der Waals surface area contributed by atoms with Crippen molar-refractivity contribution in [1.29, 1.82) is 0 Å². The quantitative estimate of drug-likeness (QED) is 0.678. The van der Waals surface area contributed by atoms with Crippen molar-refractivity contribution in [2.45, 2.75) is 25.6 Å². The van der Waals surface area contributed by atoms with Gasteiger partial charge in [-0.1, -0.05) is 20.3 Å². The van der Waals surface area contributed by atoms with Crippen LogP contribution in [0.1, 0.15) is 20.3 Å². The SMILES string of the molecule is CCC(C)COC1=CN=NC(=O)C1Cl. The van der Waals surface area contributed by atoms with Crippen molar-refractivity contribution in [2.75, 3.05) is 6.61 Å². The summed E-state index contributed by atoms with van der Waals surface area (Å²) in [5, 5.41) is 6.00. The zero-order chi connectivity index (χ0) is 10.6. The fourth-order valence-corrected chi connectivity index (χ4v) is 1.01. The molecule has 0 aromatic carbocycles. The number of carbonyl (C=O) groups excluding carboxylic acids is 1. The highest BCUT2D eigenvalue weighted by Gasteiger charge is 2.24. The van der Waals surface area contributed by atoms with Gasteiger partial charge in [-0.05, 0) is 5.92 Å². The number of rotatable bonds is 4. The van der Waals surface area contributed by atoms with E-state index in [1.807, 2.05) is 0 Å². The molecule has 78 valence electrons. The predicted molar refractivity (Wildman–Crippen MR) is 53.0 cm³/mol. The van der Waals surface area contributed by atoms with E-state index in [1.165, 1.54) is 6.20 Å². The average Bonchev–Trinajstić information content (AvgIpc) is 2.20. The number of ether oxygens (including phenoxy) is 1. The smallest absolute Gasteiger partial charge is 0.290 e. The molecule has 0 aromatic heterocycles. The van der Waals surface area contributed by atoms with Crippen LogP contribution in [-0.4, -0.2) is 17.9 Å². The second kappa shape index (κ2) is 5.10. The van der Waals surface area contributed by atoms with Crippen molar-refractivity contribution >= 4 is 17.5 Å². The van der Waals surface area contributed by atoms with E-state index in [4.69, 9.17) is 16.3 Å². The normalized spacial score (nSPS) is 23.2. The Hall–Kier alpha value is -0.900. The van der Waals surface area contributed by atoms with Crippen molar-refractivity contribution in [3.8, 4) is 0 Å². The maximum Gasteiger partial charge on any atom is 0.290 e. The van der Waals surface area contributed by atoms with Crippen LogP contribution >= 0.6 is 11.6 Å². The lowest BCUT2D eigenvalue weighted by atomic mass is 10.1. The van der Waals surface area contributed by atoms with Gasteiger partial charge in [0.15, 0.2) is 5.38 Å². The summed E-state index contributed by atoms with van der Waals surface area (Å²) in [7, 11) is 0. The highest BCUT2D eigenvalue weighted by atomic mass is 35.5. The molecule has 0 fully saturated rings. The summed E-state index contributed by atoms with van der Waals surface area (Å²) in [6.07, 6.45) is 2.41. The van der Waals surface area contributed by atoms with Gasteiger partial charge in [-0.2, -0.15) is 5.11 Å². The van der Waals surface area contributed by atoms with Gasteiger partial charge in [0.05, 0.1) is 12.8 Å². The summed E-state index contributed by atoms with van der Waals surface area (Å²) in [5.74, 6) is 0.369. The number of hydrogen-bond donors (Lipinski definition) is 0. The molecular weight excluding hydrogens is 204 g/mol. The van der Waals surface area contributed by atoms with E-state index in [9.17, 15) is 4.79 Å². The fourth-order valence-electron chi connectivity index (χ4n) is 0.847. The van der Waals surface area contributed by atoms with Gasteiger partial charge in [-0.25, -0.2) is 0 Å². The predicted octanol–water partition coefficient (Wildman–Crippen LogP) is 2.49. The second-order valence-electron chi connectivity index (χ2n) is 3.27. The summed E-state index contributed by atoms with van der Waals surface area (Å²) in [6.45, 7) is 4.69. The Morgan fingerprint density at radius 1 is 1.71 bits per heavy atom. The maximum absolute atomic E-state index is 11.0. The lowest BCUT2D eigenvalue weighted by Gasteiger charge is -2.16. The van der Waals surface area contributed by atoms with Gasteiger partial charge >= 0.3 is 0 Å². The van der Waals surface area contributed by atoms with Gasteiger partial charge in [-0.3, -0.25) is 4.79 Å². The Balaban J connectivity index is 2.48. The fraction of sp³-hybridized carbons (Fsp3) is 0.667. The zero-order valence-electron chi connectivity index (χ0n) is 8.24. The molecule has 0 bridgehead atoms. The van der Waals surface area contributed by atoms with Crippen LogP contribution < -0.4 is 0 Å². The van der Waals surface area contributed by atoms with Gasteiger partial charge in [0.2, 0.25) is 0 Å². The summed E-state index contributed by atoms with van der Waals surface area (Å²) in [4.78, 5) is 11.0. The Kier molecular flexibility index (Phi) is 4.07. The van der Waals surface area contributed by atoms with Crippen molar-refractivity contribution in [3.63, 3.8) is 0 Å². The number of alkyl halides is 1. The molecule has 5 heteroatoms. The lowest BCUT2D eigenvalue weighted by Crippen LogP contribution is -2.20. The number of halogens is 1. The summed E-state index contributed by atoms with van der Waals surface area (Å²) < 4.78 is 5.37. The third kappa shape index (κ3) is 2.80. The van der Waals surface area contributed by atoms with Gasteiger partial charge in [0.25, 0.3) is 5.91 Å². The summed E-state index contributed by atoms with van der Waals surface area (Å²) in [5.41, 5.74) is 0. The van der Waals surface area contributed by atoms with Crippen molar-refractivity contribution in [2.24, 2.45) is 16.1 Å². The molecule has 1 aliphatic rings. The number of amides is 1. The first-order valence-electron chi connectivity index (χ1n) is 4.56. The minimum atomic E-state index is -0.809. The molecule has 1 amide bonds. The van der Waals surface area contributed by atoms with E-state index in [1.54, 1.807) is 0 Å². The highest BCUT2D eigenvalue weighted by molar-refractivity contribution is 6.32. The van der Waals surface area contributed by atoms with Crippen LogP contribution in [0.3, 0.4) is 0 Å². The van der Waals surface area contributed by atoms with E-state index < -0.39 is 11.3 Å². The van der Waals surface area contributed by atoms with Crippen LogP contribution in [-0.2, 0) is 9.53 Å². The maximum atomic E-state index is 11.0. The molecule has 14 heavy (non-hydrogen) atoms. The third-order valence-electron chi connectivity index (χ3n) is 2.04. The first-order valence-corrected chi connectivity index (χ1v) is 5.00.